The molecule has 0 unspecified atom stereocenters. The third kappa shape index (κ3) is 3.06. The molecule has 0 aliphatic heterocycles. The summed E-state index contributed by atoms with van der Waals surface area (Å²) in [5.74, 6) is -0.157. The largest absolute Gasteiger partial charge is 0.348 e. The Morgan fingerprint density at radius 2 is 1.78 bits per heavy atom. The van der Waals surface area contributed by atoms with Gasteiger partial charge in [0.2, 0.25) is 0 Å². The zero-order valence-corrected chi connectivity index (χ0v) is 12.5. The Morgan fingerprint density at radius 1 is 1.09 bits per heavy atom. The number of amides is 1. The van der Waals surface area contributed by atoms with Crippen molar-refractivity contribution in [1.82, 2.24) is 10.3 Å². The van der Waals surface area contributed by atoms with Crippen LogP contribution in [0.3, 0.4) is 0 Å². The van der Waals surface area contributed by atoms with Crippen molar-refractivity contribution < 1.29 is 4.79 Å². The number of carbonyl (C=O) groups excluding carboxylic acids is 1. The number of H-pyrrole nitrogens is 1. The summed E-state index contributed by atoms with van der Waals surface area (Å²) < 4.78 is 0. The number of aromatic amines is 1. The summed E-state index contributed by atoms with van der Waals surface area (Å²) in [6, 6.07) is 14.6. The SMILES string of the molecule is C=Cc1ccc(C(=O)NCc2c[nH]c(=O)c3ccccc23)cc1. The van der Waals surface area contributed by atoms with E-state index < -0.39 is 0 Å². The van der Waals surface area contributed by atoms with Crippen molar-refractivity contribution in [3.05, 3.63) is 88.4 Å². The van der Waals surface area contributed by atoms with Gasteiger partial charge in [0, 0.05) is 23.7 Å². The Morgan fingerprint density at radius 3 is 2.48 bits per heavy atom. The summed E-state index contributed by atoms with van der Waals surface area (Å²) in [5, 5.41) is 4.34. The van der Waals surface area contributed by atoms with Crippen LogP contribution in [0.4, 0.5) is 0 Å². The first kappa shape index (κ1) is 14.8. The number of pyridine rings is 1. The Labute approximate surface area is 133 Å². The normalized spacial score (nSPS) is 10.4. The number of aromatic nitrogens is 1. The van der Waals surface area contributed by atoms with E-state index in [0.717, 1.165) is 16.5 Å². The fourth-order valence-corrected chi connectivity index (χ4v) is 2.46. The number of fused-ring (bicyclic) bond motifs is 1. The van der Waals surface area contributed by atoms with Gasteiger partial charge < -0.3 is 10.3 Å². The number of carbonyl (C=O) groups is 1. The van der Waals surface area contributed by atoms with Crippen molar-refractivity contribution in [3.63, 3.8) is 0 Å². The first-order valence-corrected chi connectivity index (χ1v) is 7.29. The fraction of sp³-hybridized carbons (Fsp3) is 0.0526. The summed E-state index contributed by atoms with van der Waals surface area (Å²) in [6.45, 7) is 4.03. The van der Waals surface area contributed by atoms with E-state index in [9.17, 15) is 9.59 Å². The summed E-state index contributed by atoms with van der Waals surface area (Å²) in [4.78, 5) is 26.7. The minimum Gasteiger partial charge on any atom is -0.348 e. The van der Waals surface area contributed by atoms with Crippen molar-refractivity contribution >= 4 is 22.8 Å². The highest BCUT2D eigenvalue weighted by atomic mass is 16.1. The van der Waals surface area contributed by atoms with E-state index in [4.69, 9.17) is 0 Å². The van der Waals surface area contributed by atoms with Crippen LogP contribution < -0.4 is 10.9 Å². The molecule has 1 aromatic heterocycles. The van der Waals surface area contributed by atoms with Crippen LogP contribution in [-0.2, 0) is 6.54 Å². The molecule has 1 heterocycles. The highest BCUT2D eigenvalue weighted by Gasteiger charge is 2.08. The van der Waals surface area contributed by atoms with E-state index in [2.05, 4.69) is 16.9 Å². The maximum Gasteiger partial charge on any atom is 0.255 e. The molecule has 0 fully saturated rings. The summed E-state index contributed by atoms with van der Waals surface area (Å²) in [6.07, 6.45) is 3.37. The molecular formula is C19H16N2O2. The van der Waals surface area contributed by atoms with Crippen LogP contribution in [0, 0.1) is 0 Å². The van der Waals surface area contributed by atoms with Crippen molar-refractivity contribution in [2.75, 3.05) is 0 Å². The van der Waals surface area contributed by atoms with Gasteiger partial charge in [-0.15, -0.1) is 0 Å². The highest BCUT2D eigenvalue weighted by Crippen LogP contribution is 2.14. The number of benzene rings is 2. The first-order chi connectivity index (χ1) is 11.2. The molecule has 3 rings (SSSR count). The van der Waals surface area contributed by atoms with E-state index in [0.29, 0.717) is 17.5 Å². The van der Waals surface area contributed by atoms with Gasteiger partial charge in [-0.25, -0.2) is 0 Å². The monoisotopic (exact) mass is 304 g/mol. The summed E-state index contributed by atoms with van der Waals surface area (Å²) >= 11 is 0. The molecule has 0 atom stereocenters. The Kier molecular flexibility index (Phi) is 4.06. The van der Waals surface area contributed by atoms with E-state index in [-0.39, 0.29) is 11.5 Å². The summed E-state index contributed by atoms with van der Waals surface area (Å²) in [7, 11) is 0. The lowest BCUT2D eigenvalue weighted by Crippen LogP contribution is -2.23. The van der Waals surface area contributed by atoms with E-state index in [1.807, 2.05) is 30.3 Å². The average molecular weight is 304 g/mol. The number of hydrogen-bond donors (Lipinski definition) is 2. The maximum absolute atomic E-state index is 12.2. The lowest BCUT2D eigenvalue weighted by Gasteiger charge is -2.08. The minimum atomic E-state index is -0.157. The van der Waals surface area contributed by atoms with E-state index in [1.54, 1.807) is 30.5 Å². The molecule has 3 aromatic rings. The van der Waals surface area contributed by atoms with Crippen molar-refractivity contribution in [2.24, 2.45) is 0 Å². The second-order valence-corrected chi connectivity index (χ2v) is 5.20. The van der Waals surface area contributed by atoms with Crippen LogP contribution in [-0.4, -0.2) is 10.9 Å². The molecule has 0 saturated carbocycles. The van der Waals surface area contributed by atoms with Gasteiger partial charge in [0.15, 0.2) is 0 Å². The van der Waals surface area contributed by atoms with Crippen molar-refractivity contribution in [2.45, 2.75) is 6.54 Å². The second kappa shape index (κ2) is 6.32. The van der Waals surface area contributed by atoms with Crippen molar-refractivity contribution in [3.8, 4) is 0 Å². The fourth-order valence-electron chi connectivity index (χ4n) is 2.46. The van der Waals surface area contributed by atoms with Crippen LogP contribution in [0.25, 0.3) is 16.8 Å². The van der Waals surface area contributed by atoms with Gasteiger partial charge in [-0.05, 0) is 34.7 Å². The lowest BCUT2D eigenvalue weighted by atomic mass is 10.1. The van der Waals surface area contributed by atoms with Gasteiger partial charge in [-0.1, -0.05) is 43.0 Å². The van der Waals surface area contributed by atoms with Crippen LogP contribution in [0.15, 0.2) is 66.1 Å². The smallest absolute Gasteiger partial charge is 0.255 e. The molecule has 23 heavy (non-hydrogen) atoms. The number of rotatable bonds is 4. The Bertz CT molecular complexity index is 924. The molecule has 0 spiro atoms. The molecule has 0 aliphatic carbocycles. The van der Waals surface area contributed by atoms with Crippen LogP contribution in [0.2, 0.25) is 0 Å². The Hall–Kier alpha value is -3.14. The van der Waals surface area contributed by atoms with E-state index in [1.165, 1.54) is 0 Å². The molecular weight excluding hydrogens is 288 g/mol. The molecule has 4 heteroatoms. The zero-order valence-electron chi connectivity index (χ0n) is 12.5. The Balaban J connectivity index is 1.80. The molecule has 1 amide bonds. The van der Waals surface area contributed by atoms with Gasteiger partial charge in [0.1, 0.15) is 0 Å². The van der Waals surface area contributed by atoms with Crippen molar-refractivity contribution in [1.29, 1.82) is 0 Å². The van der Waals surface area contributed by atoms with Crippen LogP contribution >= 0.6 is 0 Å². The number of hydrogen-bond acceptors (Lipinski definition) is 2. The van der Waals surface area contributed by atoms with Gasteiger partial charge in [0.05, 0.1) is 0 Å². The predicted octanol–water partition coefficient (Wildman–Crippen LogP) is 3.10. The second-order valence-electron chi connectivity index (χ2n) is 5.20. The minimum absolute atomic E-state index is 0.129. The first-order valence-electron chi connectivity index (χ1n) is 7.29. The standard InChI is InChI=1S/C19H16N2O2/c1-2-13-7-9-14(10-8-13)18(22)20-11-15-12-21-19(23)17-6-4-3-5-16(15)17/h2-10,12H,1,11H2,(H,20,22)(H,21,23). The zero-order chi connectivity index (χ0) is 16.2. The third-order valence-electron chi connectivity index (χ3n) is 3.74. The van der Waals surface area contributed by atoms with Gasteiger partial charge >= 0.3 is 0 Å². The maximum atomic E-state index is 12.2. The number of nitrogens with one attached hydrogen (secondary N) is 2. The van der Waals surface area contributed by atoms with E-state index >= 15 is 0 Å². The van der Waals surface area contributed by atoms with Gasteiger partial charge in [0.25, 0.3) is 11.5 Å². The molecule has 0 bridgehead atoms. The predicted molar refractivity (Wildman–Crippen MR) is 92.3 cm³/mol. The molecule has 114 valence electrons. The van der Waals surface area contributed by atoms with Gasteiger partial charge in [-0.3, -0.25) is 9.59 Å². The quantitative estimate of drug-likeness (QED) is 0.778. The third-order valence-corrected chi connectivity index (χ3v) is 3.74. The molecule has 0 aliphatic rings. The highest BCUT2D eigenvalue weighted by molar-refractivity contribution is 5.94. The van der Waals surface area contributed by atoms with Gasteiger partial charge in [-0.2, -0.15) is 0 Å². The van der Waals surface area contributed by atoms with Crippen LogP contribution in [0.1, 0.15) is 21.5 Å². The average Bonchev–Trinajstić information content (AvgIpc) is 2.61. The molecule has 0 radical (unpaired) electrons. The molecule has 2 N–H and O–H groups in total. The molecule has 2 aromatic carbocycles. The van der Waals surface area contributed by atoms with Crippen LogP contribution in [0.5, 0.6) is 0 Å². The summed E-state index contributed by atoms with van der Waals surface area (Å²) in [5.41, 5.74) is 2.30. The molecule has 4 nitrogen and oxygen atoms in total. The topological polar surface area (TPSA) is 62.0 Å². The lowest BCUT2D eigenvalue weighted by molar-refractivity contribution is 0.0951. The molecule has 0 saturated heterocycles.